The molecule has 0 aliphatic rings. The number of nitrogens with one attached hydrogen (secondary N) is 1. The highest BCUT2D eigenvalue weighted by atomic mass is 16.5. The minimum atomic E-state index is -0.289. The maximum atomic E-state index is 11.8. The van der Waals surface area contributed by atoms with E-state index < -0.39 is 0 Å². The average Bonchev–Trinajstić information content (AvgIpc) is 2.41. The molecule has 1 heterocycles. The van der Waals surface area contributed by atoms with Crippen molar-refractivity contribution in [2.24, 2.45) is 0 Å². The maximum absolute atomic E-state index is 11.8. The number of nitrogens with zero attached hydrogens (tertiary/aromatic N) is 2. The Balaban J connectivity index is 2.09. The number of nitrogens with two attached hydrogens (primary N) is 1. The fourth-order valence-corrected chi connectivity index (χ4v) is 1.32. The molecule has 0 unspecified atom stereocenters. The van der Waals surface area contributed by atoms with Gasteiger partial charge in [0.1, 0.15) is 5.75 Å². The third-order valence-electron chi connectivity index (χ3n) is 2.25. The molecule has 92 valence electrons. The Labute approximate surface area is 104 Å². The van der Waals surface area contributed by atoms with E-state index in [4.69, 9.17) is 10.5 Å². The van der Waals surface area contributed by atoms with Gasteiger partial charge in [-0.1, -0.05) is 0 Å². The number of aromatic nitrogens is 2. The summed E-state index contributed by atoms with van der Waals surface area (Å²) in [6, 6.07) is 6.73. The average molecular weight is 244 g/mol. The van der Waals surface area contributed by atoms with Gasteiger partial charge in [0.2, 0.25) is 5.95 Å². The Morgan fingerprint density at radius 2 is 1.83 bits per heavy atom. The van der Waals surface area contributed by atoms with Crippen LogP contribution >= 0.6 is 0 Å². The number of rotatable bonds is 3. The molecule has 1 aromatic heterocycles. The first-order valence-corrected chi connectivity index (χ1v) is 5.22. The Morgan fingerprint density at radius 3 is 2.39 bits per heavy atom. The lowest BCUT2D eigenvalue weighted by molar-refractivity contribution is 0.102. The van der Waals surface area contributed by atoms with E-state index in [1.54, 1.807) is 31.4 Å². The molecule has 0 radical (unpaired) electrons. The van der Waals surface area contributed by atoms with Crippen molar-refractivity contribution in [3.63, 3.8) is 0 Å². The van der Waals surface area contributed by atoms with Crippen LogP contribution < -0.4 is 15.8 Å². The van der Waals surface area contributed by atoms with E-state index in [0.29, 0.717) is 17.0 Å². The van der Waals surface area contributed by atoms with E-state index in [1.807, 2.05) is 0 Å². The van der Waals surface area contributed by atoms with Crippen LogP contribution in [0.25, 0.3) is 0 Å². The number of carbonyl (C=O) groups excluding carboxylic acids is 1. The van der Waals surface area contributed by atoms with Gasteiger partial charge in [-0.2, -0.15) is 0 Å². The van der Waals surface area contributed by atoms with Crippen LogP contribution in [-0.4, -0.2) is 23.0 Å². The minimum Gasteiger partial charge on any atom is -0.497 e. The van der Waals surface area contributed by atoms with Crippen LogP contribution in [-0.2, 0) is 0 Å². The second kappa shape index (κ2) is 5.13. The lowest BCUT2D eigenvalue weighted by Crippen LogP contribution is -2.14. The van der Waals surface area contributed by atoms with Crippen molar-refractivity contribution in [3.05, 3.63) is 42.2 Å². The molecule has 0 saturated carbocycles. The lowest BCUT2D eigenvalue weighted by Gasteiger charge is -2.04. The Kier molecular flexibility index (Phi) is 3.38. The molecule has 1 aromatic carbocycles. The number of amides is 1. The number of carbonyl (C=O) groups is 1. The van der Waals surface area contributed by atoms with Crippen LogP contribution in [0.4, 0.5) is 11.6 Å². The Morgan fingerprint density at radius 1 is 1.22 bits per heavy atom. The molecule has 0 saturated heterocycles. The molecule has 3 N–H and O–H groups in total. The zero-order valence-electron chi connectivity index (χ0n) is 9.75. The fraction of sp³-hybridized carbons (Fsp3) is 0.0833. The molecular weight excluding hydrogens is 232 g/mol. The first-order chi connectivity index (χ1) is 8.69. The van der Waals surface area contributed by atoms with Crippen LogP contribution in [0, 0.1) is 0 Å². The van der Waals surface area contributed by atoms with Gasteiger partial charge in [-0.15, -0.1) is 0 Å². The topological polar surface area (TPSA) is 90.1 Å². The summed E-state index contributed by atoms with van der Waals surface area (Å²) in [5.41, 5.74) is 6.39. The molecular formula is C12H12N4O2. The molecule has 0 aliphatic heterocycles. The molecule has 6 heteroatoms. The first-order valence-electron chi connectivity index (χ1n) is 5.22. The van der Waals surface area contributed by atoms with Crippen LogP contribution in [0.3, 0.4) is 0 Å². The van der Waals surface area contributed by atoms with Crippen molar-refractivity contribution in [3.8, 4) is 5.75 Å². The highest BCUT2D eigenvalue weighted by Crippen LogP contribution is 2.12. The van der Waals surface area contributed by atoms with Gasteiger partial charge in [-0.05, 0) is 24.3 Å². The largest absolute Gasteiger partial charge is 0.497 e. The molecule has 0 bridgehead atoms. The van der Waals surface area contributed by atoms with E-state index in [1.165, 1.54) is 12.4 Å². The summed E-state index contributed by atoms with van der Waals surface area (Å²) >= 11 is 0. The molecule has 0 fully saturated rings. The smallest absolute Gasteiger partial charge is 0.258 e. The highest BCUT2D eigenvalue weighted by Gasteiger charge is 2.07. The third kappa shape index (κ3) is 2.73. The van der Waals surface area contributed by atoms with Crippen molar-refractivity contribution < 1.29 is 9.53 Å². The number of nitrogen functional groups attached to an aromatic ring is 1. The van der Waals surface area contributed by atoms with Gasteiger partial charge in [-0.3, -0.25) is 10.1 Å². The summed E-state index contributed by atoms with van der Waals surface area (Å²) in [5.74, 6) is 0.614. The van der Waals surface area contributed by atoms with E-state index in [9.17, 15) is 4.79 Å². The molecule has 0 aliphatic carbocycles. The van der Waals surface area contributed by atoms with Crippen LogP contribution in [0.5, 0.6) is 5.75 Å². The van der Waals surface area contributed by atoms with E-state index in [-0.39, 0.29) is 11.9 Å². The van der Waals surface area contributed by atoms with E-state index in [0.717, 1.165) is 0 Å². The molecule has 18 heavy (non-hydrogen) atoms. The monoisotopic (exact) mass is 244 g/mol. The molecule has 1 amide bonds. The second-order valence-corrected chi connectivity index (χ2v) is 3.52. The highest BCUT2D eigenvalue weighted by molar-refractivity contribution is 6.03. The van der Waals surface area contributed by atoms with Gasteiger partial charge in [0.25, 0.3) is 5.91 Å². The van der Waals surface area contributed by atoms with Gasteiger partial charge in [0.05, 0.1) is 25.2 Å². The lowest BCUT2D eigenvalue weighted by atomic mass is 10.2. The predicted octanol–water partition coefficient (Wildman–Crippen LogP) is 1.32. The first kappa shape index (κ1) is 11.8. The number of methoxy groups -OCH3 is 1. The zero-order chi connectivity index (χ0) is 13.0. The summed E-state index contributed by atoms with van der Waals surface area (Å²) in [7, 11) is 1.57. The number of anilines is 2. The van der Waals surface area contributed by atoms with Gasteiger partial charge in [0, 0.05) is 5.56 Å². The van der Waals surface area contributed by atoms with Crippen molar-refractivity contribution in [2.45, 2.75) is 0 Å². The standard InChI is InChI=1S/C12H12N4O2/c1-18-10-4-2-8(3-5-10)11(17)16-12-14-6-9(13)7-15-12/h2-7H,13H2,1H3,(H,14,15,16,17). The van der Waals surface area contributed by atoms with E-state index in [2.05, 4.69) is 15.3 Å². The van der Waals surface area contributed by atoms with Crippen LogP contribution in [0.2, 0.25) is 0 Å². The molecule has 0 atom stereocenters. The number of ether oxygens (including phenoxy) is 1. The molecule has 2 aromatic rings. The van der Waals surface area contributed by atoms with E-state index >= 15 is 0 Å². The van der Waals surface area contributed by atoms with Crippen molar-refractivity contribution in [2.75, 3.05) is 18.2 Å². The maximum Gasteiger partial charge on any atom is 0.258 e. The van der Waals surface area contributed by atoms with Crippen LogP contribution in [0.15, 0.2) is 36.7 Å². The predicted molar refractivity (Wildman–Crippen MR) is 67.4 cm³/mol. The number of hydrogen-bond donors (Lipinski definition) is 2. The van der Waals surface area contributed by atoms with Crippen molar-refractivity contribution in [1.82, 2.24) is 9.97 Å². The SMILES string of the molecule is COc1ccc(C(=O)Nc2ncc(N)cn2)cc1. The van der Waals surface area contributed by atoms with Gasteiger partial charge in [-0.25, -0.2) is 9.97 Å². The summed E-state index contributed by atoms with van der Waals surface area (Å²) in [4.78, 5) is 19.6. The Hall–Kier alpha value is -2.63. The van der Waals surface area contributed by atoms with Gasteiger partial charge in [0.15, 0.2) is 0 Å². The summed E-state index contributed by atoms with van der Waals surface area (Å²) in [6.07, 6.45) is 2.85. The molecule has 6 nitrogen and oxygen atoms in total. The van der Waals surface area contributed by atoms with Crippen LogP contribution in [0.1, 0.15) is 10.4 Å². The summed E-state index contributed by atoms with van der Waals surface area (Å²) < 4.78 is 5.01. The normalized spacial score (nSPS) is 9.83. The zero-order valence-corrected chi connectivity index (χ0v) is 9.75. The summed E-state index contributed by atoms with van der Waals surface area (Å²) in [6.45, 7) is 0. The molecule has 0 spiro atoms. The van der Waals surface area contributed by atoms with Crippen molar-refractivity contribution >= 4 is 17.5 Å². The van der Waals surface area contributed by atoms with Crippen molar-refractivity contribution in [1.29, 1.82) is 0 Å². The third-order valence-corrected chi connectivity index (χ3v) is 2.25. The van der Waals surface area contributed by atoms with Gasteiger partial charge >= 0.3 is 0 Å². The second-order valence-electron chi connectivity index (χ2n) is 3.52. The number of benzene rings is 1. The number of hydrogen-bond acceptors (Lipinski definition) is 5. The summed E-state index contributed by atoms with van der Waals surface area (Å²) in [5, 5.41) is 2.57. The van der Waals surface area contributed by atoms with Gasteiger partial charge < -0.3 is 10.5 Å². The minimum absolute atomic E-state index is 0.213. The quantitative estimate of drug-likeness (QED) is 0.849. The fourth-order valence-electron chi connectivity index (χ4n) is 1.32. The Bertz CT molecular complexity index is 537. The molecule has 2 rings (SSSR count).